The van der Waals surface area contributed by atoms with Crippen molar-refractivity contribution in [3.05, 3.63) is 29.8 Å². The lowest BCUT2D eigenvalue weighted by Crippen LogP contribution is -2.37. The fraction of sp³-hybridized carbons (Fsp3) is 0.533. The summed E-state index contributed by atoms with van der Waals surface area (Å²) in [6.45, 7) is 5.17. The van der Waals surface area contributed by atoms with Crippen LogP contribution in [0.25, 0.3) is 0 Å². The van der Waals surface area contributed by atoms with Crippen LogP contribution in [0.15, 0.2) is 24.3 Å². The number of para-hydroxylation sites is 1. The van der Waals surface area contributed by atoms with Gasteiger partial charge in [-0.3, -0.25) is 4.90 Å². The summed E-state index contributed by atoms with van der Waals surface area (Å²) in [5, 5.41) is 0. The Morgan fingerprint density at radius 2 is 2.05 bits per heavy atom. The highest BCUT2D eigenvalue weighted by molar-refractivity contribution is 5.92. The minimum absolute atomic E-state index is 0.367. The molecule has 0 bridgehead atoms. The first-order valence-corrected chi connectivity index (χ1v) is 6.91. The van der Waals surface area contributed by atoms with E-state index in [1.54, 1.807) is 18.2 Å². The van der Waals surface area contributed by atoms with E-state index in [1.165, 1.54) is 7.11 Å². The van der Waals surface area contributed by atoms with Crippen molar-refractivity contribution in [1.29, 1.82) is 0 Å². The van der Waals surface area contributed by atoms with Gasteiger partial charge in [-0.15, -0.1) is 0 Å². The number of nitrogens with zero attached hydrogens (tertiary/aromatic N) is 1. The molecule has 1 heterocycles. The lowest BCUT2D eigenvalue weighted by Gasteiger charge is -2.26. The van der Waals surface area contributed by atoms with Crippen LogP contribution in [-0.4, -0.2) is 57.4 Å². The number of esters is 1. The van der Waals surface area contributed by atoms with Gasteiger partial charge in [0.25, 0.3) is 0 Å². The summed E-state index contributed by atoms with van der Waals surface area (Å²) in [6, 6.07) is 7.15. The highest BCUT2D eigenvalue weighted by Crippen LogP contribution is 2.18. The Morgan fingerprint density at radius 3 is 2.80 bits per heavy atom. The zero-order valence-electron chi connectivity index (χ0n) is 11.8. The molecule has 20 heavy (non-hydrogen) atoms. The summed E-state index contributed by atoms with van der Waals surface area (Å²) >= 11 is 0. The van der Waals surface area contributed by atoms with E-state index in [0.29, 0.717) is 17.9 Å². The maximum Gasteiger partial charge on any atom is 0.341 e. The van der Waals surface area contributed by atoms with E-state index in [1.807, 2.05) is 6.07 Å². The molecular formula is C15H21NO4. The molecule has 0 aliphatic carbocycles. The van der Waals surface area contributed by atoms with E-state index in [0.717, 1.165) is 39.3 Å². The second-order valence-corrected chi connectivity index (χ2v) is 4.64. The Morgan fingerprint density at radius 1 is 1.30 bits per heavy atom. The molecule has 5 heteroatoms. The van der Waals surface area contributed by atoms with Crippen molar-refractivity contribution >= 4 is 5.97 Å². The number of hydrogen-bond donors (Lipinski definition) is 0. The molecule has 1 saturated heterocycles. The normalized spacial score (nSPS) is 15.8. The lowest BCUT2D eigenvalue weighted by atomic mass is 10.2. The molecule has 1 fully saturated rings. The number of ether oxygens (including phenoxy) is 3. The molecule has 0 unspecified atom stereocenters. The largest absolute Gasteiger partial charge is 0.493 e. The first kappa shape index (κ1) is 14.8. The third kappa shape index (κ3) is 4.21. The summed E-state index contributed by atoms with van der Waals surface area (Å²) in [4.78, 5) is 14.0. The van der Waals surface area contributed by atoms with Crippen molar-refractivity contribution in [2.24, 2.45) is 0 Å². The van der Waals surface area contributed by atoms with Gasteiger partial charge in [-0.1, -0.05) is 12.1 Å². The van der Waals surface area contributed by atoms with Crippen LogP contribution in [0.3, 0.4) is 0 Å². The molecule has 0 radical (unpaired) electrons. The molecule has 5 nitrogen and oxygen atoms in total. The molecule has 1 aliphatic heterocycles. The van der Waals surface area contributed by atoms with Gasteiger partial charge in [-0.2, -0.15) is 0 Å². The highest BCUT2D eigenvalue weighted by Gasteiger charge is 2.13. The van der Waals surface area contributed by atoms with Crippen LogP contribution >= 0.6 is 0 Å². The van der Waals surface area contributed by atoms with Crippen molar-refractivity contribution in [1.82, 2.24) is 4.90 Å². The molecule has 0 amide bonds. The van der Waals surface area contributed by atoms with Gasteiger partial charge in [0.05, 0.1) is 26.9 Å². The van der Waals surface area contributed by atoms with Gasteiger partial charge in [-0.05, 0) is 18.6 Å². The smallest absolute Gasteiger partial charge is 0.341 e. The van der Waals surface area contributed by atoms with E-state index < -0.39 is 0 Å². The molecule has 0 atom stereocenters. The average Bonchev–Trinajstić information content (AvgIpc) is 2.52. The van der Waals surface area contributed by atoms with Crippen LogP contribution in [0, 0.1) is 0 Å². The van der Waals surface area contributed by atoms with Crippen molar-refractivity contribution in [3.63, 3.8) is 0 Å². The Kier molecular flexibility index (Phi) is 5.83. The first-order chi connectivity index (χ1) is 9.81. The van der Waals surface area contributed by atoms with E-state index in [-0.39, 0.29) is 5.97 Å². The van der Waals surface area contributed by atoms with Crippen LogP contribution in [-0.2, 0) is 9.47 Å². The summed E-state index contributed by atoms with van der Waals surface area (Å²) in [5.74, 6) is 0.218. The number of hydrogen-bond acceptors (Lipinski definition) is 5. The van der Waals surface area contributed by atoms with Crippen molar-refractivity contribution in [3.8, 4) is 5.75 Å². The van der Waals surface area contributed by atoms with Gasteiger partial charge in [-0.25, -0.2) is 4.79 Å². The quantitative estimate of drug-likeness (QED) is 0.584. The third-order valence-corrected chi connectivity index (χ3v) is 3.27. The fourth-order valence-corrected chi connectivity index (χ4v) is 2.17. The first-order valence-electron chi connectivity index (χ1n) is 6.91. The van der Waals surface area contributed by atoms with E-state index in [9.17, 15) is 4.79 Å². The van der Waals surface area contributed by atoms with Gasteiger partial charge in [0.1, 0.15) is 11.3 Å². The third-order valence-electron chi connectivity index (χ3n) is 3.27. The van der Waals surface area contributed by atoms with E-state index in [2.05, 4.69) is 4.90 Å². The molecular weight excluding hydrogens is 258 g/mol. The Labute approximate surface area is 119 Å². The monoisotopic (exact) mass is 279 g/mol. The second kappa shape index (κ2) is 7.87. The Balaban J connectivity index is 1.77. The molecule has 1 aromatic carbocycles. The van der Waals surface area contributed by atoms with Crippen molar-refractivity contribution < 1.29 is 19.0 Å². The van der Waals surface area contributed by atoms with Crippen molar-refractivity contribution in [2.75, 3.05) is 46.6 Å². The molecule has 0 aromatic heterocycles. The lowest BCUT2D eigenvalue weighted by molar-refractivity contribution is 0.0357. The Hall–Kier alpha value is -1.59. The van der Waals surface area contributed by atoms with Gasteiger partial charge >= 0.3 is 5.97 Å². The summed E-state index contributed by atoms with van der Waals surface area (Å²) in [7, 11) is 1.37. The van der Waals surface area contributed by atoms with Gasteiger partial charge in [0.15, 0.2) is 0 Å². The zero-order chi connectivity index (χ0) is 14.2. The van der Waals surface area contributed by atoms with Gasteiger partial charge in [0.2, 0.25) is 0 Å². The maximum atomic E-state index is 11.6. The standard InChI is InChI=1S/C15H21NO4/c1-18-15(17)13-5-2-3-6-14(13)20-10-4-7-16-8-11-19-12-9-16/h2-3,5-6H,4,7-12H2,1H3. The molecule has 0 spiro atoms. The summed E-state index contributed by atoms with van der Waals surface area (Å²) in [5.41, 5.74) is 0.473. The Bertz CT molecular complexity index is 430. The number of methoxy groups -OCH3 is 1. The second-order valence-electron chi connectivity index (χ2n) is 4.64. The fourth-order valence-electron chi connectivity index (χ4n) is 2.17. The van der Waals surface area contributed by atoms with Gasteiger partial charge < -0.3 is 14.2 Å². The predicted octanol–water partition coefficient (Wildman–Crippen LogP) is 1.57. The molecule has 0 saturated carbocycles. The minimum Gasteiger partial charge on any atom is -0.493 e. The van der Waals surface area contributed by atoms with Crippen molar-refractivity contribution in [2.45, 2.75) is 6.42 Å². The number of benzene rings is 1. The number of rotatable bonds is 6. The molecule has 1 aromatic rings. The summed E-state index contributed by atoms with van der Waals surface area (Å²) in [6.07, 6.45) is 0.926. The minimum atomic E-state index is -0.367. The topological polar surface area (TPSA) is 48.0 Å². The highest BCUT2D eigenvalue weighted by atomic mass is 16.5. The number of morpholine rings is 1. The predicted molar refractivity (Wildman–Crippen MR) is 75.2 cm³/mol. The van der Waals surface area contributed by atoms with Crippen LogP contribution in [0.4, 0.5) is 0 Å². The molecule has 1 aliphatic rings. The zero-order valence-corrected chi connectivity index (χ0v) is 11.8. The maximum absolute atomic E-state index is 11.6. The average molecular weight is 279 g/mol. The number of carbonyl (C=O) groups excluding carboxylic acids is 1. The number of carbonyl (C=O) groups is 1. The van der Waals surface area contributed by atoms with Crippen LogP contribution in [0.1, 0.15) is 16.8 Å². The van der Waals surface area contributed by atoms with Crippen LogP contribution < -0.4 is 4.74 Å². The van der Waals surface area contributed by atoms with E-state index >= 15 is 0 Å². The molecule has 2 rings (SSSR count). The van der Waals surface area contributed by atoms with Crippen LogP contribution in [0.5, 0.6) is 5.75 Å². The van der Waals surface area contributed by atoms with Crippen LogP contribution in [0.2, 0.25) is 0 Å². The van der Waals surface area contributed by atoms with E-state index in [4.69, 9.17) is 14.2 Å². The van der Waals surface area contributed by atoms with Gasteiger partial charge in [0, 0.05) is 19.6 Å². The molecule has 110 valence electrons. The summed E-state index contributed by atoms with van der Waals surface area (Å²) < 4.78 is 15.7. The SMILES string of the molecule is COC(=O)c1ccccc1OCCCN1CCOCC1. The molecule has 0 N–H and O–H groups in total.